The van der Waals surface area contributed by atoms with Crippen molar-refractivity contribution in [1.29, 1.82) is 0 Å². The molecule has 0 aliphatic heterocycles. The number of benzene rings is 2. The summed E-state index contributed by atoms with van der Waals surface area (Å²) in [5, 5.41) is 15.2. The summed E-state index contributed by atoms with van der Waals surface area (Å²) < 4.78 is 1.71. The van der Waals surface area contributed by atoms with Crippen LogP contribution in [0.15, 0.2) is 54.6 Å². The Labute approximate surface area is 146 Å². The van der Waals surface area contributed by atoms with Crippen molar-refractivity contribution in [2.24, 2.45) is 0 Å². The van der Waals surface area contributed by atoms with Gasteiger partial charge in [-0.2, -0.15) is 4.68 Å². The zero-order valence-corrected chi connectivity index (χ0v) is 14.3. The van der Waals surface area contributed by atoms with Crippen LogP contribution in [0.5, 0.6) is 0 Å². The zero-order chi connectivity index (χ0) is 17.6. The lowest BCUT2D eigenvalue weighted by Crippen LogP contribution is -2.23. The molecule has 1 heterocycles. The van der Waals surface area contributed by atoms with Gasteiger partial charge in [-0.1, -0.05) is 30.3 Å². The van der Waals surface area contributed by atoms with Crippen molar-refractivity contribution in [2.45, 2.75) is 13.0 Å². The first-order chi connectivity index (χ1) is 12.1. The summed E-state index contributed by atoms with van der Waals surface area (Å²) in [4.78, 5) is 13.3. The highest BCUT2D eigenvalue weighted by Gasteiger charge is 2.08. The van der Waals surface area contributed by atoms with E-state index in [0.29, 0.717) is 13.0 Å². The Balaban J connectivity index is 1.63. The number of amides is 1. The van der Waals surface area contributed by atoms with E-state index in [0.717, 1.165) is 22.8 Å². The number of nitrogens with one attached hydrogen (secondary N) is 1. The molecule has 25 heavy (non-hydrogen) atoms. The highest BCUT2D eigenvalue weighted by atomic mass is 16.2. The monoisotopic (exact) mass is 336 g/mol. The molecule has 0 aliphatic rings. The molecule has 7 nitrogen and oxygen atoms in total. The quantitative estimate of drug-likeness (QED) is 0.744. The summed E-state index contributed by atoms with van der Waals surface area (Å²) >= 11 is 0. The predicted molar refractivity (Wildman–Crippen MR) is 95.3 cm³/mol. The Bertz CT molecular complexity index is 826. The van der Waals surface area contributed by atoms with Gasteiger partial charge in [0.2, 0.25) is 5.91 Å². The van der Waals surface area contributed by atoms with Crippen LogP contribution in [0.4, 0.5) is 5.69 Å². The van der Waals surface area contributed by atoms with Gasteiger partial charge in [0.15, 0.2) is 5.82 Å². The predicted octanol–water partition coefficient (Wildman–Crippen LogP) is 1.91. The van der Waals surface area contributed by atoms with E-state index >= 15 is 0 Å². The van der Waals surface area contributed by atoms with Crippen molar-refractivity contribution in [3.63, 3.8) is 0 Å². The minimum atomic E-state index is 0.0859. The van der Waals surface area contributed by atoms with Crippen LogP contribution >= 0.6 is 0 Å². The largest absolute Gasteiger partial charge is 0.378 e. The van der Waals surface area contributed by atoms with Crippen LogP contribution in [0.25, 0.3) is 5.69 Å². The lowest BCUT2D eigenvalue weighted by molar-refractivity contribution is -0.127. The summed E-state index contributed by atoms with van der Waals surface area (Å²) in [6.45, 7) is 0.498. The molecule has 0 saturated heterocycles. The van der Waals surface area contributed by atoms with Gasteiger partial charge in [0, 0.05) is 19.8 Å². The van der Waals surface area contributed by atoms with E-state index in [1.165, 1.54) is 0 Å². The number of aromatic nitrogens is 4. The van der Waals surface area contributed by atoms with Gasteiger partial charge in [-0.05, 0) is 40.3 Å². The molecule has 0 unspecified atom stereocenters. The number of hydrogen-bond acceptors (Lipinski definition) is 5. The standard InChI is InChI=1S/C18H20N6O/c1-23(2)18(25)12-14-8-10-15(11-9-14)19-13-17-20-21-22-24(17)16-6-4-3-5-7-16/h3-11,19H,12-13H2,1-2H3. The third-order valence-electron chi connectivity index (χ3n) is 3.79. The average Bonchev–Trinajstić information content (AvgIpc) is 3.10. The molecule has 0 saturated carbocycles. The highest BCUT2D eigenvalue weighted by Crippen LogP contribution is 2.13. The summed E-state index contributed by atoms with van der Waals surface area (Å²) in [6.07, 6.45) is 0.402. The molecule has 0 spiro atoms. The van der Waals surface area contributed by atoms with Crippen molar-refractivity contribution in [2.75, 3.05) is 19.4 Å². The molecule has 1 aromatic heterocycles. The fourth-order valence-electron chi connectivity index (χ4n) is 2.34. The fourth-order valence-corrected chi connectivity index (χ4v) is 2.34. The number of rotatable bonds is 6. The van der Waals surface area contributed by atoms with Gasteiger partial charge in [-0.25, -0.2) is 0 Å². The number of likely N-dealkylation sites (N-methyl/N-ethyl adjacent to an activating group) is 1. The van der Waals surface area contributed by atoms with Gasteiger partial charge in [-0.15, -0.1) is 5.10 Å². The van der Waals surface area contributed by atoms with Gasteiger partial charge in [0.25, 0.3) is 0 Å². The maximum Gasteiger partial charge on any atom is 0.226 e. The zero-order valence-electron chi connectivity index (χ0n) is 14.3. The molecule has 7 heteroatoms. The van der Waals surface area contributed by atoms with E-state index in [4.69, 9.17) is 0 Å². The Morgan fingerprint density at radius 1 is 1.08 bits per heavy atom. The molecule has 3 rings (SSSR count). The average molecular weight is 336 g/mol. The summed E-state index contributed by atoms with van der Waals surface area (Å²) in [5.41, 5.74) is 2.85. The Morgan fingerprint density at radius 3 is 2.48 bits per heavy atom. The van der Waals surface area contributed by atoms with E-state index in [-0.39, 0.29) is 5.91 Å². The number of tetrazole rings is 1. The highest BCUT2D eigenvalue weighted by molar-refractivity contribution is 5.78. The first-order valence-corrected chi connectivity index (χ1v) is 7.99. The number of para-hydroxylation sites is 1. The number of carbonyl (C=O) groups excluding carboxylic acids is 1. The molecule has 2 aromatic carbocycles. The van der Waals surface area contributed by atoms with Crippen LogP contribution < -0.4 is 5.32 Å². The number of carbonyl (C=O) groups is 1. The first-order valence-electron chi connectivity index (χ1n) is 7.99. The van der Waals surface area contributed by atoms with E-state index in [1.54, 1.807) is 23.7 Å². The number of hydrogen-bond donors (Lipinski definition) is 1. The second kappa shape index (κ2) is 7.57. The third-order valence-corrected chi connectivity index (χ3v) is 3.79. The Morgan fingerprint density at radius 2 is 1.80 bits per heavy atom. The van der Waals surface area contributed by atoms with Gasteiger partial charge >= 0.3 is 0 Å². The number of nitrogens with zero attached hydrogens (tertiary/aromatic N) is 5. The topological polar surface area (TPSA) is 75.9 Å². The van der Waals surface area contributed by atoms with Gasteiger partial charge in [0.1, 0.15) is 0 Å². The molecule has 0 fully saturated rings. The van der Waals surface area contributed by atoms with Crippen LogP contribution in [-0.4, -0.2) is 45.1 Å². The van der Waals surface area contributed by atoms with E-state index < -0.39 is 0 Å². The van der Waals surface area contributed by atoms with Crippen LogP contribution in [-0.2, 0) is 17.8 Å². The normalized spacial score (nSPS) is 10.5. The molecule has 128 valence electrons. The van der Waals surface area contributed by atoms with Gasteiger partial charge < -0.3 is 10.2 Å². The van der Waals surface area contributed by atoms with Crippen LogP contribution in [0.3, 0.4) is 0 Å². The van der Waals surface area contributed by atoms with Gasteiger partial charge in [-0.3, -0.25) is 4.79 Å². The lowest BCUT2D eigenvalue weighted by Gasteiger charge is -2.11. The molecule has 1 amide bonds. The maximum atomic E-state index is 11.7. The van der Waals surface area contributed by atoms with Crippen LogP contribution in [0.1, 0.15) is 11.4 Å². The smallest absolute Gasteiger partial charge is 0.226 e. The van der Waals surface area contributed by atoms with Crippen molar-refractivity contribution in [3.8, 4) is 5.69 Å². The fraction of sp³-hybridized carbons (Fsp3) is 0.222. The van der Waals surface area contributed by atoms with Gasteiger partial charge in [0.05, 0.1) is 18.7 Å². The second-order valence-corrected chi connectivity index (χ2v) is 5.86. The molecule has 3 aromatic rings. The van der Waals surface area contributed by atoms with E-state index in [9.17, 15) is 4.79 Å². The molecule has 0 atom stereocenters. The van der Waals surface area contributed by atoms with E-state index in [1.807, 2.05) is 54.6 Å². The van der Waals surface area contributed by atoms with Crippen molar-refractivity contribution in [3.05, 3.63) is 66.0 Å². The SMILES string of the molecule is CN(C)C(=O)Cc1ccc(NCc2nnnn2-c2ccccc2)cc1. The van der Waals surface area contributed by atoms with Crippen molar-refractivity contribution < 1.29 is 4.79 Å². The molecule has 0 aliphatic carbocycles. The molecule has 0 bridgehead atoms. The Kier molecular flexibility index (Phi) is 5.03. The summed E-state index contributed by atoms with van der Waals surface area (Å²) in [7, 11) is 3.52. The minimum Gasteiger partial charge on any atom is -0.378 e. The first kappa shape index (κ1) is 16.6. The number of anilines is 1. The molecule has 1 N–H and O–H groups in total. The van der Waals surface area contributed by atoms with E-state index in [2.05, 4.69) is 20.8 Å². The van der Waals surface area contributed by atoms with Crippen LogP contribution in [0, 0.1) is 0 Å². The van der Waals surface area contributed by atoms with Crippen molar-refractivity contribution in [1.82, 2.24) is 25.1 Å². The molecule has 0 radical (unpaired) electrons. The summed E-state index contributed by atoms with van der Waals surface area (Å²) in [6, 6.07) is 17.6. The van der Waals surface area contributed by atoms with Crippen molar-refractivity contribution >= 4 is 11.6 Å². The summed E-state index contributed by atoms with van der Waals surface area (Å²) in [5.74, 6) is 0.806. The maximum absolute atomic E-state index is 11.7. The molecular weight excluding hydrogens is 316 g/mol. The second-order valence-electron chi connectivity index (χ2n) is 5.86. The third kappa shape index (κ3) is 4.20. The Hall–Kier alpha value is -3.22. The molecular formula is C18H20N6O. The van der Waals surface area contributed by atoms with Crippen LogP contribution in [0.2, 0.25) is 0 Å². The lowest BCUT2D eigenvalue weighted by atomic mass is 10.1. The minimum absolute atomic E-state index is 0.0859.